The SMILES string of the molecule is O=C1NC(=O)C(COc2ccc(-c3ccccc3)cc2)(c2ccncc2)N1. The Morgan fingerprint density at radius 1 is 0.852 bits per heavy atom. The van der Waals surface area contributed by atoms with Gasteiger partial charge in [-0.3, -0.25) is 15.1 Å². The van der Waals surface area contributed by atoms with Crippen molar-refractivity contribution in [3.05, 3.63) is 84.7 Å². The lowest BCUT2D eigenvalue weighted by Crippen LogP contribution is -2.48. The van der Waals surface area contributed by atoms with Crippen molar-refractivity contribution in [1.29, 1.82) is 0 Å². The van der Waals surface area contributed by atoms with Crippen molar-refractivity contribution in [2.45, 2.75) is 5.54 Å². The number of nitrogens with zero attached hydrogens (tertiary/aromatic N) is 1. The van der Waals surface area contributed by atoms with Gasteiger partial charge in [-0.1, -0.05) is 42.5 Å². The number of nitrogens with one attached hydrogen (secondary N) is 2. The second-order valence-corrected chi connectivity index (χ2v) is 6.23. The van der Waals surface area contributed by atoms with Crippen LogP contribution in [0.1, 0.15) is 5.56 Å². The lowest BCUT2D eigenvalue weighted by Gasteiger charge is -2.26. The summed E-state index contributed by atoms with van der Waals surface area (Å²) in [7, 11) is 0. The predicted molar refractivity (Wildman–Crippen MR) is 100.0 cm³/mol. The van der Waals surface area contributed by atoms with Crippen LogP contribution < -0.4 is 15.4 Å². The lowest BCUT2D eigenvalue weighted by molar-refractivity contribution is -0.125. The van der Waals surface area contributed by atoms with Crippen LogP contribution in [0.5, 0.6) is 5.75 Å². The third-order valence-corrected chi connectivity index (χ3v) is 4.53. The quantitative estimate of drug-likeness (QED) is 0.687. The number of aromatic nitrogens is 1. The molecule has 1 aliphatic heterocycles. The maximum Gasteiger partial charge on any atom is 0.322 e. The largest absolute Gasteiger partial charge is 0.490 e. The molecule has 0 saturated carbocycles. The Labute approximate surface area is 156 Å². The highest BCUT2D eigenvalue weighted by Crippen LogP contribution is 2.27. The van der Waals surface area contributed by atoms with E-state index in [1.54, 1.807) is 24.5 Å². The summed E-state index contributed by atoms with van der Waals surface area (Å²) in [6.45, 7) is -0.0285. The maximum absolute atomic E-state index is 12.5. The van der Waals surface area contributed by atoms with Crippen molar-refractivity contribution in [3.8, 4) is 16.9 Å². The molecule has 6 nitrogen and oxygen atoms in total. The van der Waals surface area contributed by atoms with Gasteiger partial charge in [-0.25, -0.2) is 4.79 Å². The summed E-state index contributed by atoms with van der Waals surface area (Å²) >= 11 is 0. The standard InChI is InChI=1S/C21H17N3O3/c25-19-21(24-20(26)23-19,17-10-12-22-13-11-17)14-27-18-8-6-16(7-9-18)15-4-2-1-3-5-15/h1-13H,14H2,(H2,23,24,25,26). The number of hydrogen-bond acceptors (Lipinski definition) is 4. The topological polar surface area (TPSA) is 80.3 Å². The molecule has 6 heteroatoms. The molecular weight excluding hydrogens is 342 g/mol. The molecule has 1 aromatic heterocycles. The van der Waals surface area contributed by atoms with E-state index < -0.39 is 17.5 Å². The van der Waals surface area contributed by atoms with Gasteiger partial charge in [0.2, 0.25) is 0 Å². The molecule has 3 amide bonds. The van der Waals surface area contributed by atoms with Crippen molar-refractivity contribution in [2.75, 3.05) is 6.61 Å². The molecule has 2 heterocycles. The third kappa shape index (κ3) is 3.25. The first kappa shape index (κ1) is 16.8. The van der Waals surface area contributed by atoms with Crippen molar-refractivity contribution in [3.63, 3.8) is 0 Å². The monoisotopic (exact) mass is 359 g/mol. The van der Waals surface area contributed by atoms with Gasteiger partial charge in [-0.15, -0.1) is 0 Å². The van der Waals surface area contributed by atoms with Gasteiger partial charge in [0, 0.05) is 12.4 Å². The molecular formula is C21H17N3O3. The molecule has 1 saturated heterocycles. The highest BCUT2D eigenvalue weighted by Gasteiger charge is 2.48. The lowest BCUT2D eigenvalue weighted by atomic mass is 9.92. The van der Waals surface area contributed by atoms with E-state index in [9.17, 15) is 9.59 Å². The van der Waals surface area contributed by atoms with Crippen molar-refractivity contribution < 1.29 is 14.3 Å². The summed E-state index contributed by atoms with van der Waals surface area (Å²) in [5.41, 5.74) is 1.51. The van der Waals surface area contributed by atoms with E-state index in [4.69, 9.17) is 4.74 Å². The highest BCUT2D eigenvalue weighted by atomic mass is 16.5. The Kier molecular flexibility index (Phi) is 4.30. The smallest absolute Gasteiger partial charge is 0.322 e. The van der Waals surface area contributed by atoms with Crippen LogP contribution in [0.15, 0.2) is 79.1 Å². The summed E-state index contributed by atoms with van der Waals surface area (Å²) < 4.78 is 5.86. The average molecular weight is 359 g/mol. The van der Waals surface area contributed by atoms with Crippen LogP contribution in [-0.2, 0) is 10.3 Å². The Balaban J connectivity index is 1.55. The second kappa shape index (κ2) is 6.92. The first-order valence-corrected chi connectivity index (χ1v) is 8.50. The zero-order valence-corrected chi connectivity index (χ0v) is 14.4. The number of urea groups is 1. The molecule has 27 heavy (non-hydrogen) atoms. The second-order valence-electron chi connectivity index (χ2n) is 6.23. The number of imide groups is 1. The van der Waals surface area contributed by atoms with E-state index in [-0.39, 0.29) is 6.61 Å². The van der Waals surface area contributed by atoms with E-state index in [0.717, 1.165) is 11.1 Å². The van der Waals surface area contributed by atoms with E-state index in [2.05, 4.69) is 15.6 Å². The molecule has 0 aliphatic carbocycles. The molecule has 134 valence electrons. The number of pyridine rings is 1. The van der Waals surface area contributed by atoms with Crippen LogP contribution in [0.4, 0.5) is 4.79 Å². The fourth-order valence-corrected chi connectivity index (χ4v) is 3.08. The van der Waals surface area contributed by atoms with Crippen LogP contribution in [0.3, 0.4) is 0 Å². The van der Waals surface area contributed by atoms with E-state index in [1.807, 2.05) is 54.6 Å². The zero-order chi connectivity index (χ0) is 18.7. The van der Waals surface area contributed by atoms with E-state index in [0.29, 0.717) is 11.3 Å². The van der Waals surface area contributed by atoms with Crippen molar-refractivity contribution >= 4 is 11.9 Å². The number of benzene rings is 2. The van der Waals surface area contributed by atoms with Gasteiger partial charge >= 0.3 is 6.03 Å². The van der Waals surface area contributed by atoms with Gasteiger partial charge in [-0.05, 0) is 41.0 Å². The Morgan fingerprint density at radius 3 is 2.15 bits per heavy atom. The average Bonchev–Trinajstić information content (AvgIpc) is 3.02. The summed E-state index contributed by atoms with van der Waals surface area (Å²) in [5.74, 6) is 0.164. The minimum absolute atomic E-state index is 0.0285. The Bertz CT molecular complexity index is 959. The predicted octanol–water partition coefficient (Wildman–Crippen LogP) is 2.86. The molecule has 1 aliphatic rings. The summed E-state index contributed by atoms with van der Waals surface area (Å²) in [6.07, 6.45) is 3.15. The minimum Gasteiger partial charge on any atom is -0.490 e. The Hall–Kier alpha value is -3.67. The molecule has 1 fully saturated rings. The molecule has 2 aromatic carbocycles. The van der Waals surface area contributed by atoms with E-state index in [1.165, 1.54) is 0 Å². The van der Waals surface area contributed by atoms with Crippen LogP contribution in [0.2, 0.25) is 0 Å². The minimum atomic E-state index is -1.28. The molecule has 0 bridgehead atoms. The van der Waals surface area contributed by atoms with Crippen LogP contribution >= 0.6 is 0 Å². The molecule has 3 aromatic rings. The van der Waals surface area contributed by atoms with Gasteiger partial charge in [0.05, 0.1) is 0 Å². The van der Waals surface area contributed by atoms with Gasteiger partial charge in [0.15, 0.2) is 5.54 Å². The summed E-state index contributed by atoms with van der Waals surface area (Å²) in [6, 6.07) is 20.4. The zero-order valence-electron chi connectivity index (χ0n) is 14.4. The van der Waals surface area contributed by atoms with Crippen LogP contribution in [-0.4, -0.2) is 23.5 Å². The molecule has 2 N–H and O–H groups in total. The number of carbonyl (C=O) groups excluding carboxylic acids is 2. The third-order valence-electron chi connectivity index (χ3n) is 4.53. The molecule has 0 radical (unpaired) electrons. The first-order valence-electron chi connectivity index (χ1n) is 8.50. The van der Waals surface area contributed by atoms with Gasteiger partial charge in [0.1, 0.15) is 12.4 Å². The van der Waals surface area contributed by atoms with Gasteiger partial charge in [0.25, 0.3) is 5.91 Å². The highest BCUT2D eigenvalue weighted by molar-refractivity contribution is 6.07. The fraction of sp³-hybridized carbons (Fsp3) is 0.0952. The maximum atomic E-state index is 12.5. The van der Waals surface area contributed by atoms with Gasteiger partial charge < -0.3 is 10.1 Å². The molecule has 0 spiro atoms. The summed E-state index contributed by atoms with van der Waals surface area (Å²) in [4.78, 5) is 28.2. The fourth-order valence-electron chi connectivity index (χ4n) is 3.08. The van der Waals surface area contributed by atoms with Crippen molar-refractivity contribution in [2.24, 2.45) is 0 Å². The number of hydrogen-bond donors (Lipinski definition) is 2. The number of carbonyl (C=O) groups is 2. The van der Waals surface area contributed by atoms with Crippen molar-refractivity contribution in [1.82, 2.24) is 15.6 Å². The van der Waals surface area contributed by atoms with Gasteiger partial charge in [-0.2, -0.15) is 0 Å². The normalized spacial score (nSPS) is 18.7. The number of rotatable bonds is 5. The molecule has 4 rings (SSSR count). The molecule has 1 atom stereocenters. The summed E-state index contributed by atoms with van der Waals surface area (Å²) in [5, 5.41) is 4.97. The van der Waals surface area contributed by atoms with Crippen LogP contribution in [0, 0.1) is 0 Å². The van der Waals surface area contributed by atoms with Crippen LogP contribution in [0.25, 0.3) is 11.1 Å². The molecule has 1 unspecified atom stereocenters. The first-order chi connectivity index (χ1) is 13.2. The Morgan fingerprint density at radius 2 is 1.52 bits per heavy atom. The number of ether oxygens (including phenoxy) is 1. The number of amides is 3. The van der Waals surface area contributed by atoms with E-state index >= 15 is 0 Å².